The van der Waals surface area contributed by atoms with E-state index in [1.165, 1.54) is 16.3 Å². The first-order valence-corrected chi connectivity index (χ1v) is 7.59. The smallest absolute Gasteiger partial charge is 0.0581 e. The standard InChI is InChI=1S/C19H14BrN/c20-13-12-17-11-10-16-8-4-5-9-18(16)19(17)21-14-15-6-2-1-3-7-15/h1-11,21H,14H2. The minimum Gasteiger partial charge on any atom is -0.379 e. The zero-order valence-corrected chi connectivity index (χ0v) is 13.0. The van der Waals surface area contributed by atoms with Crippen molar-refractivity contribution in [3.63, 3.8) is 0 Å². The van der Waals surface area contributed by atoms with Gasteiger partial charge in [-0.15, -0.1) is 0 Å². The largest absolute Gasteiger partial charge is 0.379 e. The molecule has 21 heavy (non-hydrogen) atoms. The van der Waals surface area contributed by atoms with Gasteiger partial charge in [-0.25, -0.2) is 0 Å². The molecule has 102 valence electrons. The van der Waals surface area contributed by atoms with Crippen LogP contribution in [0.4, 0.5) is 5.69 Å². The number of anilines is 1. The Morgan fingerprint density at radius 1 is 0.857 bits per heavy atom. The zero-order chi connectivity index (χ0) is 14.5. The van der Waals surface area contributed by atoms with Crippen LogP contribution in [-0.2, 0) is 6.54 Å². The highest BCUT2D eigenvalue weighted by Crippen LogP contribution is 2.27. The molecule has 0 amide bonds. The van der Waals surface area contributed by atoms with Crippen LogP contribution >= 0.6 is 15.9 Å². The molecule has 0 saturated carbocycles. The summed E-state index contributed by atoms with van der Waals surface area (Å²) >= 11 is 3.19. The average molecular weight is 336 g/mol. The lowest BCUT2D eigenvalue weighted by molar-refractivity contribution is 1.15. The van der Waals surface area contributed by atoms with E-state index >= 15 is 0 Å². The van der Waals surface area contributed by atoms with Gasteiger partial charge in [0.2, 0.25) is 0 Å². The van der Waals surface area contributed by atoms with Gasteiger partial charge in [0.05, 0.1) is 5.69 Å². The molecule has 0 aliphatic carbocycles. The third-order valence-electron chi connectivity index (χ3n) is 3.42. The molecular formula is C19H14BrN. The quantitative estimate of drug-likeness (QED) is 0.652. The van der Waals surface area contributed by atoms with Crippen molar-refractivity contribution in [1.29, 1.82) is 0 Å². The van der Waals surface area contributed by atoms with E-state index in [0.29, 0.717) is 0 Å². The minimum atomic E-state index is 0.784. The molecule has 0 aromatic heterocycles. The van der Waals surface area contributed by atoms with Crippen molar-refractivity contribution in [2.75, 3.05) is 5.32 Å². The number of fused-ring (bicyclic) bond motifs is 1. The van der Waals surface area contributed by atoms with Crippen LogP contribution in [0.3, 0.4) is 0 Å². The summed E-state index contributed by atoms with van der Waals surface area (Å²) in [7, 11) is 0. The van der Waals surface area contributed by atoms with E-state index in [1.54, 1.807) is 0 Å². The number of nitrogens with one attached hydrogen (secondary N) is 1. The Kier molecular flexibility index (Phi) is 4.23. The lowest BCUT2D eigenvalue weighted by Gasteiger charge is -2.12. The lowest BCUT2D eigenvalue weighted by Crippen LogP contribution is -2.02. The Labute approximate surface area is 133 Å². The summed E-state index contributed by atoms with van der Waals surface area (Å²) in [5.41, 5.74) is 3.34. The fraction of sp³-hybridized carbons (Fsp3) is 0.0526. The fourth-order valence-corrected chi connectivity index (χ4v) is 2.62. The van der Waals surface area contributed by atoms with Gasteiger partial charge in [0, 0.05) is 33.4 Å². The van der Waals surface area contributed by atoms with Crippen LogP contribution < -0.4 is 5.32 Å². The van der Waals surface area contributed by atoms with Crippen LogP contribution in [0.1, 0.15) is 11.1 Å². The maximum atomic E-state index is 3.53. The van der Waals surface area contributed by atoms with E-state index < -0.39 is 0 Å². The van der Waals surface area contributed by atoms with Gasteiger partial charge in [-0.3, -0.25) is 0 Å². The van der Waals surface area contributed by atoms with E-state index in [4.69, 9.17) is 0 Å². The second-order valence-electron chi connectivity index (χ2n) is 4.77. The molecule has 0 aliphatic rings. The number of hydrogen-bond donors (Lipinski definition) is 1. The van der Waals surface area contributed by atoms with Crippen LogP contribution in [0.5, 0.6) is 0 Å². The SMILES string of the molecule is BrC#Cc1ccc2ccccc2c1NCc1ccccc1. The van der Waals surface area contributed by atoms with E-state index in [9.17, 15) is 0 Å². The Balaban J connectivity index is 2.01. The molecule has 2 heteroatoms. The fourth-order valence-electron chi connectivity index (χ4n) is 2.40. The number of halogens is 1. The summed E-state index contributed by atoms with van der Waals surface area (Å²) in [4.78, 5) is 2.81. The van der Waals surface area contributed by atoms with Crippen LogP contribution in [-0.4, -0.2) is 0 Å². The first kappa shape index (κ1) is 13.7. The summed E-state index contributed by atoms with van der Waals surface area (Å²) in [6.07, 6.45) is 0. The highest BCUT2D eigenvalue weighted by molar-refractivity contribution is 9.12. The van der Waals surface area contributed by atoms with Crippen LogP contribution in [0.25, 0.3) is 10.8 Å². The third kappa shape index (κ3) is 3.09. The topological polar surface area (TPSA) is 12.0 Å². The first-order chi connectivity index (χ1) is 10.4. The van der Waals surface area contributed by atoms with Gasteiger partial charge in [0.15, 0.2) is 0 Å². The van der Waals surface area contributed by atoms with E-state index in [1.807, 2.05) is 6.07 Å². The molecule has 0 saturated heterocycles. The molecule has 0 bridgehead atoms. The molecule has 1 nitrogen and oxygen atoms in total. The lowest BCUT2D eigenvalue weighted by atomic mass is 10.0. The van der Waals surface area contributed by atoms with Gasteiger partial charge >= 0.3 is 0 Å². The molecule has 3 rings (SSSR count). The van der Waals surface area contributed by atoms with Crippen molar-refractivity contribution >= 4 is 32.4 Å². The monoisotopic (exact) mass is 335 g/mol. The van der Waals surface area contributed by atoms with Crippen molar-refractivity contribution in [3.05, 3.63) is 77.9 Å². The average Bonchev–Trinajstić information content (AvgIpc) is 2.55. The molecule has 3 aromatic rings. The van der Waals surface area contributed by atoms with E-state index in [0.717, 1.165) is 17.8 Å². The Bertz CT molecular complexity index is 813. The van der Waals surface area contributed by atoms with Crippen molar-refractivity contribution < 1.29 is 0 Å². The molecular weight excluding hydrogens is 322 g/mol. The maximum Gasteiger partial charge on any atom is 0.0581 e. The summed E-state index contributed by atoms with van der Waals surface area (Å²) < 4.78 is 0. The molecule has 0 fully saturated rings. The van der Waals surface area contributed by atoms with E-state index in [-0.39, 0.29) is 0 Å². The molecule has 0 unspecified atom stereocenters. The molecule has 0 spiro atoms. The second-order valence-corrected chi connectivity index (χ2v) is 5.16. The number of rotatable bonds is 3. The molecule has 1 N–H and O–H groups in total. The van der Waals surface area contributed by atoms with E-state index in [2.05, 4.69) is 92.7 Å². The predicted octanol–water partition coefficient (Wildman–Crippen LogP) is 5.16. The van der Waals surface area contributed by atoms with Crippen LogP contribution in [0.15, 0.2) is 66.7 Å². The van der Waals surface area contributed by atoms with Gasteiger partial charge in [-0.05, 0) is 21.8 Å². The van der Waals surface area contributed by atoms with Gasteiger partial charge in [-0.1, -0.05) is 66.6 Å². The van der Waals surface area contributed by atoms with Gasteiger partial charge in [0.25, 0.3) is 0 Å². The first-order valence-electron chi connectivity index (χ1n) is 6.79. The summed E-state index contributed by atoms with van der Waals surface area (Å²) in [6, 6.07) is 22.9. The third-order valence-corrected chi connectivity index (χ3v) is 3.62. The zero-order valence-electron chi connectivity index (χ0n) is 11.4. The van der Waals surface area contributed by atoms with Gasteiger partial charge < -0.3 is 5.32 Å². The summed E-state index contributed by atoms with van der Waals surface area (Å²) in [5, 5.41) is 5.95. The molecule has 0 atom stereocenters. The number of hydrogen-bond acceptors (Lipinski definition) is 1. The second kappa shape index (κ2) is 6.47. The summed E-state index contributed by atoms with van der Waals surface area (Å²) in [5.74, 6) is 3.11. The van der Waals surface area contributed by atoms with Crippen molar-refractivity contribution in [1.82, 2.24) is 0 Å². The highest BCUT2D eigenvalue weighted by atomic mass is 79.9. The Morgan fingerprint density at radius 3 is 2.43 bits per heavy atom. The van der Waals surface area contributed by atoms with Gasteiger partial charge in [-0.2, -0.15) is 0 Å². The molecule has 3 aromatic carbocycles. The molecule has 0 radical (unpaired) electrons. The van der Waals surface area contributed by atoms with Crippen molar-refractivity contribution in [2.24, 2.45) is 0 Å². The summed E-state index contributed by atoms with van der Waals surface area (Å²) in [6.45, 7) is 0.784. The normalized spacial score (nSPS) is 9.95. The van der Waals surface area contributed by atoms with Crippen LogP contribution in [0, 0.1) is 10.8 Å². The Hall–Kier alpha value is -2.24. The number of benzene rings is 3. The van der Waals surface area contributed by atoms with Crippen LogP contribution in [0.2, 0.25) is 0 Å². The highest BCUT2D eigenvalue weighted by Gasteiger charge is 2.05. The molecule has 0 heterocycles. The van der Waals surface area contributed by atoms with Gasteiger partial charge in [0.1, 0.15) is 0 Å². The predicted molar refractivity (Wildman–Crippen MR) is 93.5 cm³/mol. The minimum absolute atomic E-state index is 0.784. The maximum absolute atomic E-state index is 3.53. The van der Waals surface area contributed by atoms with Crippen molar-refractivity contribution in [3.8, 4) is 10.8 Å². The Morgan fingerprint density at radius 2 is 1.62 bits per heavy atom. The molecule has 0 aliphatic heterocycles. The van der Waals surface area contributed by atoms with Crippen molar-refractivity contribution in [2.45, 2.75) is 6.54 Å².